The molecular formula is C25H28N2O8. The third kappa shape index (κ3) is 6.16. The Morgan fingerprint density at radius 1 is 0.829 bits per heavy atom. The number of aliphatic hydroxyl groups is 2. The summed E-state index contributed by atoms with van der Waals surface area (Å²) in [5, 5.41) is 48.3. The first kappa shape index (κ1) is 29.1. The summed E-state index contributed by atoms with van der Waals surface area (Å²) in [5.41, 5.74) is -1.91. The maximum Gasteiger partial charge on any atom is 0.348 e. The molecule has 10 heteroatoms. The standard InChI is InChI=1S/C20H18O8.C5H10N2/c1-11-3-7-13(8-4-11)15(21)19(27,17(23)24)20(28,18(25)26)16(22)14-9-5-12(2)6-10-14;1-2-5(7)3-4-6/h3-10,27-28H,1-2H3,(H,23,24)(H,25,26);5H,2-3,7H2,1H3/t;5-/m.0/s1. The highest BCUT2D eigenvalue weighted by molar-refractivity contribution is 6.28. The molecule has 6 N–H and O–H groups in total. The minimum Gasteiger partial charge on any atom is -0.479 e. The van der Waals surface area contributed by atoms with Gasteiger partial charge < -0.3 is 26.2 Å². The van der Waals surface area contributed by atoms with E-state index in [4.69, 9.17) is 11.0 Å². The number of nitrogens with two attached hydrogens (primary N) is 1. The maximum atomic E-state index is 12.8. The molecule has 0 aliphatic carbocycles. The highest BCUT2D eigenvalue weighted by atomic mass is 16.5. The van der Waals surface area contributed by atoms with Crippen molar-refractivity contribution >= 4 is 23.5 Å². The van der Waals surface area contributed by atoms with Crippen molar-refractivity contribution in [3.05, 3.63) is 70.8 Å². The first-order valence-corrected chi connectivity index (χ1v) is 10.5. The van der Waals surface area contributed by atoms with Crippen LogP contribution in [-0.4, -0.2) is 61.2 Å². The second-order valence-electron chi connectivity index (χ2n) is 7.95. The molecule has 0 spiro atoms. The molecular weight excluding hydrogens is 456 g/mol. The van der Waals surface area contributed by atoms with E-state index in [1.54, 1.807) is 13.8 Å². The lowest BCUT2D eigenvalue weighted by Gasteiger charge is -2.34. The molecule has 3 atom stereocenters. The lowest BCUT2D eigenvalue weighted by atomic mass is 9.73. The van der Waals surface area contributed by atoms with E-state index in [1.165, 1.54) is 24.3 Å². The molecule has 0 fully saturated rings. The largest absolute Gasteiger partial charge is 0.479 e. The molecule has 2 aromatic rings. The van der Waals surface area contributed by atoms with E-state index < -0.39 is 34.7 Å². The smallest absolute Gasteiger partial charge is 0.348 e. The van der Waals surface area contributed by atoms with Crippen LogP contribution in [0, 0.1) is 25.2 Å². The van der Waals surface area contributed by atoms with Crippen LogP contribution in [0.15, 0.2) is 48.5 Å². The summed E-state index contributed by atoms with van der Waals surface area (Å²) in [6.45, 7) is 5.35. The molecule has 10 nitrogen and oxygen atoms in total. The number of aryl methyl sites for hydroxylation is 2. The number of carboxylic acids is 2. The highest BCUT2D eigenvalue weighted by Gasteiger charge is 2.69. The number of rotatable bonds is 9. The maximum absolute atomic E-state index is 12.8. The fourth-order valence-electron chi connectivity index (χ4n) is 2.92. The Bertz CT molecular complexity index is 1040. The third-order valence-electron chi connectivity index (χ3n) is 5.31. The number of nitriles is 1. The molecule has 0 amide bonds. The molecule has 0 bridgehead atoms. The van der Waals surface area contributed by atoms with Crippen LogP contribution in [0.2, 0.25) is 0 Å². The van der Waals surface area contributed by atoms with E-state index in [0.29, 0.717) is 17.5 Å². The molecule has 2 unspecified atom stereocenters. The molecule has 0 aromatic heterocycles. The van der Waals surface area contributed by atoms with Crippen molar-refractivity contribution in [2.24, 2.45) is 5.73 Å². The SMILES string of the molecule is CC[C@H](N)CC#N.Cc1ccc(C(=O)C(O)(C(=O)O)C(O)(C(=O)O)C(=O)c2ccc(C)cc2)cc1. The van der Waals surface area contributed by atoms with Crippen molar-refractivity contribution in [2.45, 2.75) is 50.9 Å². The summed E-state index contributed by atoms with van der Waals surface area (Å²) >= 11 is 0. The average Bonchev–Trinajstić information content (AvgIpc) is 2.83. The van der Waals surface area contributed by atoms with Gasteiger partial charge in [-0.25, -0.2) is 9.59 Å². The Balaban J connectivity index is 0.000000762. The first-order valence-electron chi connectivity index (χ1n) is 10.5. The molecule has 186 valence electrons. The van der Waals surface area contributed by atoms with Gasteiger partial charge in [0, 0.05) is 17.2 Å². The lowest BCUT2D eigenvalue weighted by molar-refractivity contribution is -0.187. The normalized spacial score (nSPS) is 14.7. The third-order valence-corrected chi connectivity index (χ3v) is 5.31. The zero-order chi connectivity index (χ0) is 27.0. The molecule has 0 saturated carbocycles. The van der Waals surface area contributed by atoms with Gasteiger partial charge in [0.05, 0.1) is 12.5 Å². The van der Waals surface area contributed by atoms with Crippen molar-refractivity contribution in [3.8, 4) is 6.07 Å². The Hall–Kier alpha value is -3.91. The summed E-state index contributed by atoms with van der Waals surface area (Å²) in [5.74, 6) is -8.01. The van der Waals surface area contributed by atoms with Crippen molar-refractivity contribution in [1.29, 1.82) is 5.26 Å². The number of carboxylic acid groups (broad SMARTS) is 2. The minimum atomic E-state index is -3.96. The van der Waals surface area contributed by atoms with Crippen LogP contribution < -0.4 is 5.73 Å². The van der Waals surface area contributed by atoms with Crippen LogP contribution in [0.3, 0.4) is 0 Å². The van der Waals surface area contributed by atoms with Crippen LogP contribution in [0.5, 0.6) is 0 Å². The summed E-state index contributed by atoms with van der Waals surface area (Å²) < 4.78 is 0. The van der Waals surface area contributed by atoms with Gasteiger partial charge in [-0.2, -0.15) is 5.26 Å². The summed E-state index contributed by atoms with van der Waals surface area (Å²) in [6, 6.07) is 12.4. The van der Waals surface area contributed by atoms with Crippen molar-refractivity contribution in [2.75, 3.05) is 0 Å². The molecule has 2 aromatic carbocycles. The van der Waals surface area contributed by atoms with E-state index in [0.717, 1.165) is 30.7 Å². The van der Waals surface area contributed by atoms with Gasteiger partial charge in [-0.05, 0) is 20.3 Å². The molecule has 2 rings (SSSR count). The van der Waals surface area contributed by atoms with Gasteiger partial charge in [-0.3, -0.25) is 9.59 Å². The number of carbonyl (C=O) groups excluding carboxylic acids is 2. The number of aliphatic carboxylic acids is 2. The van der Waals surface area contributed by atoms with E-state index >= 15 is 0 Å². The Morgan fingerprint density at radius 2 is 1.14 bits per heavy atom. The van der Waals surface area contributed by atoms with Gasteiger partial charge in [0.2, 0.25) is 11.6 Å². The number of hydrogen-bond donors (Lipinski definition) is 5. The minimum absolute atomic E-state index is 0.0880. The summed E-state index contributed by atoms with van der Waals surface area (Å²) in [6.07, 6.45) is 1.38. The quantitative estimate of drug-likeness (QED) is 0.257. The van der Waals surface area contributed by atoms with Crippen LogP contribution in [0.4, 0.5) is 0 Å². The predicted octanol–water partition coefficient (Wildman–Crippen LogP) is 1.64. The first-order chi connectivity index (χ1) is 16.3. The number of Topliss-reactive ketones (excluding diaryl/α,β-unsaturated/α-hetero) is 2. The van der Waals surface area contributed by atoms with E-state index in [-0.39, 0.29) is 17.2 Å². The van der Waals surface area contributed by atoms with Gasteiger partial charge in [-0.15, -0.1) is 0 Å². The predicted molar refractivity (Wildman–Crippen MR) is 125 cm³/mol. The van der Waals surface area contributed by atoms with E-state index in [1.807, 2.05) is 13.0 Å². The fourth-order valence-corrected chi connectivity index (χ4v) is 2.92. The molecule has 0 aliphatic rings. The number of carbonyl (C=O) groups is 4. The number of hydrogen-bond acceptors (Lipinski definition) is 8. The van der Waals surface area contributed by atoms with E-state index in [2.05, 4.69) is 0 Å². The summed E-state index contributed by atoms with van der Waals surface area (Å²) in [7, 11) is 0. The van der Waals surface area contributed by atoms with Crippen molar-refractivity contribution in [3.63, 3.8) is 0 Å². The zero-order valence-electron chi connectivity index (χ0n) is 19.6. The van der Waals surface area contributed by atoms with Crippen LogP contribution in [0.25, 0.3) is 0 Å². The molecule has 0 saturated heterocycles. The molecule has 0 heterocycles. The summed E-state index contributed by atoms with van der Waals surface area (Å²) in [4.78, 5) is 49.1. The molecule has 0 radical (unpaired) electrons. The number of benzene rings is 2. The average molecular weight is 485 g/mol. The van der Waals surface area contributed by atoms with Crippen molar-refractivity contribution < 1.29 is 39.6 Å². The van der Waals surface area contributed by atoms with Gasteiger partial charge >= 0.3 is 11.9 Å². The van der Waals surface area contributed by atoms with Crippen molar-refractivity contribution in [1.82, 2.24) is 0 Å². The molecule has 35 heavy (non-hydrogen) atoms. The lowest BCUT2D eigenvalue weighted by Crippen LogP contribution is -2.71. The Morgan fingerprint density at radius 3 is 1.34 bits per heavy atom. The topological polar surface area (TPSA) is 199 Å². The van der Waals surface area contributed by atoms with Crippen LogP contribution in [0.1, 0.15) is 51.6 Å². The second kappa shape index (κ2) is 12.0. The molecule has 0 aliphatic heterocycles. The number of ketones is 2. The van der Waals surface area contributed by atoms with Gasteiger partial charge in [0.15, 0.2) is 0 Å². The Labute approximate surface area is 202 Å². The van der Waals surface area contributed by atoms with E-state index in [9.17, 15) is 39.6 Å². The monoisotopic (exact) mass is 484 g/mol. The van der Waals surface area contributed by atoms with Gasteiger partial charge in [0.1, 0.15) is 0 Å². The Kier molecular flexibility index (Phi) is 9.97. The number of nitrogens with zero attached hydrogens (tertiary/aromatic N) is 1. The van der Waals surface area contributed by atoms with Gasteiger partial charge in [-0.1, -0.05) is 66.6 Å². The fraction of sp³-hybridized carbons (Fsp3) is 0.320. The van der Waals surface area contributed by atoms with Crippen LogP contribution in [-0.2, 0) is 9.59 Å². The van der Waals surface area contributed by atoms with Gasteiger partial charge in [0.25, 0.3) is 11.2 Å². The highest BCUT2D eigenvalue weighted by Crippen LogP contribution is 2.32. The second-order valence-corrected chi connectivity index (χ2v) is 7.95. The van der Waals surface area contributed by atoms with Crippen LogP contribution >= 0.6 is 0 Å². The zero-order valence-corrected chi connectivity index (χ0v) is 19.6.